The van der Waals surface area contributed by atoms with Gasteiger partial charge in [0.05, 0.1) is 11.5 Å². The maximum Gasteiger partial charge on any atom is 0.209 e. The molecular weight excluding hydrogens is 412 g/mol. The van der Waals surface area contributed by atoms with E-state index in [0.29, 0.717) is 13.2 Å². The van der Waals surface area contributed by atoms with Crippen LogP contribution in [0.15, 0.2) is 0 Å². The first-order valence-corrected chi connectivity index (χ1v) is 14.4. The summed E-state index contributed by atoms with van der Waals surface area (Å²) in [5.74, 6) is 0.0893. The van der Waals surface area contributed by atoms with Gasteiger partial charge in [-0.2, -0.15) is 0 Å². The van der Waals surface area contributed by atoms with Gasteiger partial charge in [0, 0.05) is 13.2 Å². The Balaban J connectivity index is 4.13. The van der Waals surface area contributed by atoms with Gasteiger partial charge < -0.3 is 4.74 Å². The average Bonchev–Trinajstić information content (AvgIpc) is 2.62. The van der Waals surface area contributed by atoms with Crippen LogP contribution in [-0.4, -0.2) is 41.6 Å². The summed E-state index contributed by atoms with van der Waals surface area (Å²) in [5.41, 5.74) is -0.471. The quantitative estimate of drug-likeness (QED) is 0.305. The highest BCUT2D eigenvalue weighted by atomic mass is 32.2. The van der Waals surface area contributed by atoms with Gasteiger partial charge in [-0.15, -0.1) is 0 Å². The summed E-state index contributed by atoms with van der Waals surface area (Å²) in [4.78, 5) is 0. The van der Waals surface area contributed by atoms with Crippen LogP contribution in [0.1, 0.15) is 91.9 Å². The number of unbranched alkanes of at least 4 members (excludes halogenated alkanes) is 2. The highest BCUT2D eigenvalue weighted by Crippen LogP contribution is 2.34. The van der Waals surface area contributed by atoms with E-state index in [1.54, 1.807) is 0 Å². The zero-order chi connectivity index (χ0) is 22.6. The second kappa shape index (κ2) is 13.2. The van der Waals surface area contributed by atoms with Gasteiger partial charge in [-0.3, -0.25) is 0 Å². The summed E-state index contributed by atoms with van der Waals surface area (Å²) in [7, 11) is -6.94. The Bertz CT molecular complexity index is 584. The molecule has 0 aromatic rings. The average molecular weight is 457 g/mol. The molecule has 0 radical (unpaired) electrons. The van der Waals surface area contributed by atoms with E-state index >= 15 is 0 Å². The van der Waals surface area contributed by atoms with Crippen molar-refractivity contribution in [2.45, 2.75) is 91.9 Å². The molecule has 0 aliphatic rings. The van der Waals surface area contributed by atoms with Crippen molar-refractivity contribution in [1.29, 1.82) is 0 Å². The maximum absolute atomic E-state index is 11.5. The van der Waals surface area contributed by atoms with Crippen molar-refractivity contribution in [2.24, 2.45) is 21.1 Å². The van der Waals surface area contributed by atoms with Crippen LogP contribution in [0.2, 0.25) is 0 Å². The Hall–Kier alpha value is -0.220. The lowest BCUT2D eigenvalue weighted by Crippen LogP contribution is -2.33. The zero-order valence-electron chi connectivity index (χ0n) is 18.9. The predicted octanol–water partition coefficient (Wildman–Crippen LogP) is 3.53. The molecule has 0 aliphatic heterocycles. The fourth-order valence-corrected chi connectivity index (χ4v) is 6.94. The Morgan fingerprint density at radius 3 is 1.17 bits per heavy atom. The third-order valence-electron chi connectivity index (χ3n) is 6.51. The molecular formula is C20H44N2O5S2. The summed E-state index contributed by atoms with van der Waals surface area (Å²) < 4.78 is 51.7. The minimum Gasteiger partial charge on any atom is -0.381 e. The molecule has 0 spiro atoms. The Kier molecular flexibility index (Phi) is 13.1. The third-order valence-corrected chi connectivity index (χ3v) is 8.54. The van der Waals surface area contributed by atoms with Gasteiger partial charge in [0.15, 0.2) is 0 Å². The number of ether oxygens (including phenoxy) is 1. The fourth-order valence-electron chi connectivity index (χ4n) is 4.12. The Morgan fingerprint density at radius 1 is 0.621 bits per heavy atom. The monoisotopic (exact) mass is 456 g/mol. The Labute approximate surface area is 179 Å². The molecule has 29 heavy (non-hydrogen) atoms. The van der Waals surface area contributed by atoms with Crippen molar-refractivity contribution in [3.63, 3.8) is 0 Å². The van der Waals surface area contributed by atoms with Crippen LogP contribution in [0.4, 0.5) is 0 Å². The van der Waals surface area contributed by atoms with Crippen LogP contribution in [0.5, 0.6) is 0 Å². The van der Waals surface area contributed by atoms with Crippen molar-refractivity contribution >= 4 is 20.0 Å². The summed E-state index contributed by atoms with van der Waals surface area (Å²) >= 11 is 0. The third kappa shape index (κ3) is 12.9. The molecule has 7 nitrogen and oxygen atoms in total. The van der Waals surface area contributed by atoms with Crippen LogP contribution in [0, 0.1) is 10.8 Å². The van der Waals surface area contributed by atoms with Crippen LogP contribution in [0.25, 0.3) is 0 Å². The van der Waals surface area contributed by atoms with Gasteiger partial charge in [-0.1, -0.05) is 40.5 Å². The van der Waals surface area contributed by atoms with E-state index in [4.69, 9.17) is 15.0 Å². The number of rotatable bonds is 18. The number of nitrogens with two attached hydrogens (primary N) is 2. The van der Waals surface area contributed by atoms with Gasteiger partial charge in [0.2, 0.25) is 20.0 Å². The van der Waals surface area contributed by atoms with E-state index in [-0.39, 0.29) is 22.3 Å². The molecule has 0 fully saturated rings. The lowest BCUT2D eigenvalue weighted by molar-refractivity contribution is 0.118. The molecule has 4 N–H and O–H groups in total. The molecule has 0 aromatic heterocycles. The summed E-state index contributed by atoms with van der Waals surface area (Å²) in [6.07, 6.45) is 8.50. The molecule has 0 bridgehead atoms. The van der Waals surface area contributed by atoms with E-state index < -0.39 is 20.0 Å². The molecule has 0 saturated heterocycles. The zero-order valence-corrected chi connectivity index (χ0v) is 20.5. The lowest BCUT2D eigenvalue weighted by atomic mass is 9.80. The minimum atomic E-state index is -3.47. The highest BCUT2D eigenvalue weighted by molar-refractivity contribution is 7.89. The van der Waals surface area contributed by atoms with Crippen LogP contribution in [-0.2, 0) is 24.8 Å². The maximum atomic E-state index is 11.5. The largest absolute Gasteiger partial charge is 0.381 e. The lowest BCUT2D eigenvalue weighted by Gasteiger charge is -2.31. The summed E-state index contributed by atoms with van der Waals surface area (Å²) in [5, 5.41) is 10.5. The molecule has 0 saturated carbocycles. The van der Waals surface area contributed by atoms with Gasteiger partial charge in [0.25, 0.3) is 0 Å². The molecule has 0 amide bonds. The minimum absolute atomic E-state index is 0.0446. The van der Waals surface area contributed by atoms with Gasteiger partial charge in [-0.25, -0.2) is 27.1 Å². The molecule has 9 heteroatoms. The predicted molar refractivity (Wildman–Crippen MR) is 120 cm³/mol. The first-order chi connectivity index (χ1) is 13.4. The smallest absolute Gasteiger partial charge is 0.209 e. The SMILES string of the molecule is CCC(CC)(CCCCOCCCCC(CC)(CC)CS(N)(=O)=O)CS(N)(=O)=O. The van der Waals surface area contributed by atoms with E-state index in [0.717, 1.165) is 64.2 Å². The first kappa shape index (κ1) is 28.8. The second-order valence-electron chi connectivity index (χ2n) is 8.56. The number of hydrogen-bond acceptors (Lipinski definition) is 5. The fraction of sp³-hybridized carbons (Fsp3) is 1.00. The number of sulfonamides is 2. The van der Waals surface area contributed by atoms with Gasteiger partial charge in [-0.05, 0) is 62.2 Å². The van der Waals surface area contributed by atoms with Crippen molar-refractivity contribution in [3.8, 4) is 0 Å². The van der Waals surface area contributed by atoms with Crippen molar-refractivity contribution in [2.75, 3.05) is 24.7 Å². The Morgan fingerprint density at radius 2 is 0.931 bits per heavy atom. The van der Waals surface area contributed by atoms with Crippen molar-refractivity contribution in [3.05, 3.63) is 0 Å². The van der Waals surface area contributed by atoms with Crippen LogP contribution in [0.3, 0.4) is 0 Å². The molecule has 0 aliphatic carbocycles. The van der Waals surface area contributed by atoms with E-state index in [1.165, 1.54) is 0 Å². The molecule has 0 heterocycles. The molecule has 0 atom stereocenters. The second-order valence-corrected chi connectivity index (χ2v) is 11.8. The normalized spacial score (nSPS) is 13.7. The first-order valence-electron chi connectivity index (χ1n) is 10.9. The van der Waals surface area contributed by atoms with Crippen LogP contribution < -0.4 is 10.3 Å². The molecule has 176 valence electrons. The topological polar surface area (TPSA) is 130 Å². The summed E-state index contributed by atoms with van der Waals surface area (Å²) in [6.45, 7) is 9.40. The van der Waals surface area contributed by atoms with Crippen molar-refractivity contribution < 1.29 is 21.6 Å². The number of primary sulfonamides is 2. The van der Waals surface area contributed by atoms with E-state index in [9.17, 15) is 16.8 Å². The van der Waals surface area contributed by atoms with Crippen molar-refractivity contribution in [1.82, 2.24) is 0 Å². The van der Waals surface area contributed by atoms with E-state index in [2.05, 4.69) is 0 Å². The number of hydrogen-bond donors (Lipinski definition) is 2. The molecule has 0 aromatic carbocycles. The summed E-state index contributed by atoms with van der Waals surface area (Å²) in [6, 6.07) is 0. The standard InChI is InChI=1S/C20H44N2O5S2/c1-5-19(6-2,17-28(21,23)24)13-9-11-15-27-16-12-10-14-20(7-3,8-4)18-29(22,25)26/h5-18H2,1-4H3,(H2,21,23,24)(H2,22,25,26). The van der Waals surface area contributed by atoms with Gasteiger partial charge in [0.1, 0.15) is 0 Å². The van der Waals surface area contributed by atoms with Crippen LogP contribution >= 0.6 is 0 Å². The molecule has 0 unspecified atom stereocenters. The van der Waals surface area contributed by atoms with Gasteiger partial charge >= 0.3 is 0 Å². The van der Waals surface area contributed by atoms with E-state index in [1.807, 2.05) is 27.7 Å². The molecule has 0 rings (SSSR count). The highest BCUT2D eigenvalue weighted by Gasteiger charge is 2.31.